The van der Waals surface area contributed by atoms with E-state index in [1.165, 1.54) is 18.2 Å². The zero-order valence-electron chi connectivity index (χ0n) is 9.56. The molecule has 1 atom stereocenters. The smallest absolute Gasteiger partial charge is 0.387 e. The summed E-state index contributed by atoms with van der Waals surface area (Å²) in [7, 11) is 0. The van der Waals surface area contributed by atoms with Crippen LogP contribution >= 0.6 is 0 Å². The minimum absolute atomic E-state index is 0.117. The first-order chi connectivity index (χ1) is 8.33. The lowest BCUT2D eigenvalue weighted by Crippen LogP contribution is -2.41. The van der Waals surface area contributed by atoms with Crippen molar-refractivity contribution in [2.24, 2.45) is 0 Å². The lowest BCUT2D eigenvalue weighted by atomic mass is 10.1. The summed E-state index contributed by atoms with van der Waals surface area (Å²) in [4.78, 5) is 10.7. The molecule has 5 nitrogen and oxygen atoms in total. The lowest BCUT2D eigenvalue weighted by molar-refractivity contribution is -0.155. The van der Waals surface area contributed by atoms with E-state index in [9.17, 15) is 18.7 Å². The average Bonchev–Trinajstić information content (AvgIpc) is 2.27. The summed E-state index contributed by atoms with van der Waals surface area (Å²) in [5.41, 5.74) is -1.82. The van der Waals surface area contributed by atoms with E-state index in [2.05, 4.69) is 10.1 Å². The fourth-order valence-electron chi connectivity index (χ4n) is 1.15. The molecule has 0 heterocycles. The van der Waals surface area contributed by atoms with Gasteiger partial charge in [0.2, 0.25) is 0 Å². The molecule has 0 aliphatic heterocycles. The van der Waals surface area contributed by atoms with Crippen molar-refractivity contribution in [3.8, 4) is 5.75 Å². The number of hydrogen-bond acceptors (Lipinski definition) is 4. The zero-order chi connectivity index (χ0) is 13.8. The quantitative estimate of drug-likeness (QED) is 0.723. The van der Waals surface area contributed by atoms with Crippen LogP contribution in [-0.2, 0) is 4.79 Å². The molecule has 0 amide bonds. The van der Waals surface area contributed by atoms with Crippen LogP contribution in [0.25, 0.3) is 0 Å². The van der Waals surface area contributed by atoms with Gasteiger partial charge in [0.25, 0.3) is 0 Å². The average molecular weight is 261 g/mol. The highest BCUT2D eigenvalue weighted by atomic mass is 19.3. The van der Waals surface area contributed by atoms with Gasteiger partial charge in [-0.3, -0.25) is 0 Å². The molecule has 0 aliphatic rings. The standard InChI is InChI=1S/C11H13F2NO4/c1-11(17,9(15)16)6-14-7-4-2-3-5-8(7)18-10(12)13/h2-5,10,14,17H,6H2,1H3,(H,15,16). The molecule has 0 radical (unpaired) electrons. The first-order valence-electron chi connectivity index (χ1n) is 5.06. The van der Waals surface area contributed by atoms with E-state index in [4.69, 9.17) is 5.11 Å². The van der Waals surface area contributed by atoms with Gasteiger partial charge in [0, 0.05) is 0 Å². The molecule has 7 heteroatoms. The van der Waals surface area contributed by atoms with E-state index in [-0.39, 0.29) is 18.0 Å². The third kappa shape index (κ3) is 3.85. The van der Waals surface area contributed by atoms with Crippen molar-refractivity contribution in [1.29, 1.82) is 0 Å². The molecule has 0 bridgehead atoms. The maximum Gasteiger partial charge on any atom is 0.387 e. The predicted octanol–water partition coefficient (Wildman–Crippen LogP) is 1.54. The first-order valence-corrected chi connectivity index (χ1v) is 5.06. The molecule has 3 N–H and O–H groups in total. The molecule has 1 unspecified atom stereocenters. The van der Waals surface area contributed by atoms with Gasteiger partial charge in [-0.25, -0.2) is 4.79 Å². The van der Waals surface area contributed by atoms with Crippen molar-refractivity contribution in [2.45, 2.75) is 19.1 Å². The van der Waals surface area contributed by atoms with Crippen molar-refractivity contribution >= 4 is 11.7 Å². The first kappa shape index (κ1) is 14.2. The largest absolute Gasteiger partial charge is 0.479 e. The number of hydrogen-bond donors (Lipinski definition) is 3. The molecule has 0 spiro atoms. The number of carboxylic acid groups (broad SMARTS) is 1. The van der Waals surface area contributed by atoms with Crippen molar-refractivity contribution < 1.29 is 28.5 Å². The number of nitrogens with one attached hydrogen (secondary N) is 1. The van der Waals surface area contributed by atoms with Crippen LogP contribution in [0.3, 0.4) is 0 Å². The highest BCUT2D eigenvalue weighted by molar-refractivity contribution is 5.77. The van der Waals surface area contributed by atoms with E-state index in [0.717, 1.165) is 6.92 Å². The fourth-order valence-corrected chi connectivity index (χ4v) is 1.15. The van der Waals surface area contributed by atoms with E-state index < -0.39 is 18.2 Å². The Bertz CT molecular complexity index is 423. The molecule has 0 saturated heterocycles. The van der Waals surface area contributed by atoms with Gasteiger partial charge in [0.05, 0.1) is 12.2 Å². The van der Waals surface area contributed by atoms with Crippen molar-refractivity contribution in [1.82, 2.24) is 0 Å². The molecule has 1 rings (SSSR count). The molecule has 1 aromatic carbocycles. The van der Waals surface area contributed by atoms with Gasteiger partial charge >= 0.3 is 12.6 Å². The van der Waals surface area contributed by atoms with Crippen molar-refractivity contribution in [2.75, 3.05) is 11.9 Å². The van der Waals surface area contributed by atoms with Crippen LogP contribution < -0.4 is 10.1 Å². The Kier molecular flexibility index (Phi) is 4.43. The summed E-state index contributed by atoms with van der Waals surface area (Å²) in [6, 6.07) is 5.81. The Hall–Kier alpha value is -1.89. The number of aliphatic hydroxyl groups is 1. The molecular formula is C11H13F2NO4. The maximum absolute atomic E-state index is 12.1. The van der Waals surface area contributed by atoms with Crippen LogP contribution in [0.5, 0.6) is 5.75 Å². The van der Waals surface area contributed by atoms with Crippen LogP contribution in [0.15, 0.2) is 24.3 Å². The van der Waals surface area contributed by atoms with Gasteiger partial charge < -0.3 is 20.3 Å². The summed E-state index contributed by atoms with van der Waals surface area (Å²) in [6.45, 7) is -2.22. The molecule has 1 aromatic rings. The molecule has 18 heavy (non-hydrogen) atoms. The lowest BCUT2D eigenvalue weighted by Gasteiger charge is -2.20. The number of aliphatic carboxylic acids is 1. The number of carbonyl (C=O) groups is 1. The van der Waals surface area contributed by atoms with Crippen LogP contribution in [0.4, 0.5) is 14.5 Å². The second-order valence-electron chi connectivity index (χ2n) is 3.81. The highest BCUT2D eigenvalue weighted by Crippen LogP contribution is 2.25. The Morgan fingerprint density at radius 3 is 2.67 bits per heavy atom. The van der Waals surface area contributed by atoms with Gasteiger partial charge in [-0.15, -0.1) is 0 Å². The SMILES string of the molecule is CC(O)(CNc1ccccc1OC(F)F)C(=O)O. The maximum atomic E-state index is 12.1. The topological polar surface area (TPSA) is 78.8 Å². The highest BCUT2D eigenvalue weighted by Gasteiger charge is 2.29. The Morgan fingerprint density at radius 2 is 2.11 bits per heavy atom. The second-order valence-corrected chi connectivity index (χ2v) is 3.81. The molecular weight excluding hydrogens is 248 g/mol. The van der Waals surface area contributed by atoms with Gasteiger partial charge in [-0.2, -0.15) is 8.78 Å². The zero-order valence-corrected chi connectivity index (χ0v) is 9.56. The number of carboxylic acids is 1. The van der Waals surface area contributed by atoms with Crippen molar-refractivity contribution in [3.63, 3.8) is 0 Å². The van der Waals surface area contributed by atoms with Crippen LogP contribution in [0.1, 0.15) is 6.92 Å². The van der Waals surface area contributed by atoms with E-state index in [0.29, 0.717) is 0 Å². The third-order valence-corrected chi connectivity index (χ3v) is 2.19. The molecule has 0 fully saturated rings. The number of halogens is 2. The van der Waals surface area contributed by atoms with Crippen LogP contribution in [0, 0.1) is 0 Å². The third-order valence-electron chi connectivity index (χ3n) is 2.19. The van der Waals surface area contributed by atoms with Crippen LogP contribution in [0.2, 0.25) is 0 Å². The van der Waals surface area contributed by atoms with E-state index in [1.54, 1.807) is 6.07 Å². The number of benzene rings is 1. The number of rotatable bonds is 6. The van der Waals surface area contributed by atoms with Gasteiger partial charge in [-0.1, -0.05) is 12.1 Å². The number of anilines is 1. The van der Waals surface area contributed by atoms with Gasteiger partial charge in [-0.05, 0) is 19.1 Å². The fraction of sp³-hybridized carbons (Fsp3) is 0.364. The Labute approximate surface area is 102 Å². The Balaban J connectivity index is 2.76. The van der Waals surface area contributed by atoms with Crippen molar-refractivity contribution in [3.05, 3.63) is 24.3 Å². The summed E-state index contributed by atoms with van der Waals surface area (Å²) < 4.78 is 28.5. The summed E-state index contributed by atoms with van der Waals surface area (Å²) in [5, 5.41) is 20.7. The summed E-state index contributed by atoms with van der Waals surface area (Å²) >= 11 is 0. The predicted molar refractivity (Wildman–Crippen MR) is 59.8 cm³/mol. The minimum Gasteiger partial charge on any atom is -0.479 e. The number of ether oxygens (including phenoxy) is 1. The molecule has 0 aromatic heterocycles. The minimum atomic E-state index is -2.98. The second kappa shape index (κ2) is 5.63. The normalized spacial score (nSPS) is 14.1. The van der Waals surface area contributed by atoms with E-state index >= 15 is 0 Å². The van der Waals surface area contributed by atoms with Gasteiger partial charge in [0.1, 0.15) is 5.75 Å². The Morgan fingerprint density at radius 1 is 1.50 bits per heavy atom. The molecule has 100 valence electrons. The number of alkyl halides is 2. The van der Waals surface area contributed by atoms with Gasteiger partial charge in [0.15, 0.2) is 5.60 Å². The van der Waals surface area contributed by atoms with Crippen LogP contribution in [-0.4, -0.2) is 34.9 Å². The summed E-state index contributed by atoms with van der Waals surface area (Å²) in [5.74, 6) is -1.53. The molecule has 0 aliphatic carbocycles. The van der Waals surface area contributed by atoms with E-state index in [1.807, 2.05) is 0 Å². The summed E-state index contributed by atoms with van der Waals surface area (Å²) in [6.07, 6.45) is 0. The number of para-hydroxylation sites is 2. The molecule has 0 saturated carbocycles. The monoisotopic (exact) mass is 261 g/mol.